The van der Waals surface area contributed by atoms with Crippen LogP contribution >= 0.6 is 0 Å². The number of hydrogen-bond acceptors (Lipinski definition) is 4. The fourth-order valence-electron chi connectivity index (χ4n) is 1.35. The number of ether oxygens (including phenoxy) is 2. The number of rotatable bonds is 6. The largest absolute Gasteiger partial charge is 0.478 e. The van der Waals surface area contributed by atoms with Crippen LogP contribution < -0.4 is 4.74 Å². The van der Waals surface area contributed by atoms with Gasteiger partial charge < -0.3 is 14.6 Å². The minimum Gasteiger partial charge on any atom is -0.478 e. The smallest absolute Gasteiger partial charge is 0.335 e. The van der Waals surface area contributed by atoms with Crippen LogP contribution in [0.3, 0.4) is 0 Å². The van der Waals surface area contributed by atoms with E-state index in [0.29, 0.717) is 24.8 Å². The molecule has 94 valence electrons. The van der Waals surface area contributed by atoms with Gasteiger partial charge in [-0.15, -0.1) is 0 Å². The summed E-state index contributed by atoms with van der Waals surface area (Å²) in [6, 6.07) is 2.92. The first-order valence-electron chi connectivity index (χ1n) is 5.49. The Balaban J connectivity index is 2.73. The predicted molar refractivity (Wildman–Crippen MR) is 62.5 cm³/mol. The van der Waals surface area contributed by atoms with Crippen LogP contribution in [0.5, 0.6) is 5.88 Å². The SMILES string of the molecule is CCOCC(C)Oc1cc(C(=O)O)cc(C)n1. The van der Waals surface area contributed by atoms with Gasteiger partial charge in [-0.1, -0.05) is 0 Å². The molecule has 1 rings (SSSR count). The highest BCUT2D eigenvalue weighted by Gasteiger charge is 2.10. The number of hydrogen-bond donors (Lipinski definition) is 1. The zero-order valence-electron chi connectivity index (χ0n) is 10.3. The van der Waals surface area contributed by atoms with E-state index < -0.39 is 5.97 Å². The summed E-state index contributed by atoms with van der Waals surface area (Å²) in [7, 11) is 0. The van der Waals surface area contributed by atoms with E-state index in [1.807, 2.05) is 13.8 Å². The fraction of sp³-hybridized carbons (Fsp3) is 0.500. The number of carboxylic acid groups (broad SMARTS) is 1. The van der Waals surface area contributed by atoms with Crippen molar-refractivity contribution in [2.24, 2.45) is 0 Å². The van der Waals surface area contributed by atoms with Crippen molar-refractivity contribution in [2.75, 3.05) is 13.2 Å². The number of pyridine rings is 1. The quantitative estimate of drug-likeness (QED) is 0.821. The Kier molecular flexibility index (Phi) is 4.90. The van der Waals surface area contributed by atoms with Crippen molar-refractivity contribution < 1.29 is 19.4 Å². The van der Waals surface area contributed by atoms with Crippen LogP contribution in [-0.2, 0) is 4.74 Å². The molecule has 0 amide bonds. The molecule has 5 heteroatoms. The maximum atomic E-state index is 10.9. The van der Waals surface area contributed by atoms with Crippen LogP contribution in [0.15, 0.2) is 12.1 Å². The molecule has 0 bridgehead atoms. The molecule has 0 saturated heterocycles. The first-order chi connectivity index (χ1) is 8.02. The van der Waals surface area contributed by atoms with Gasteiger partial charge in [0.05, 0.1) is 12.2 Å². The topological polar surface area (TPSA) is 68.7 Å². The highest BCUT2D eigenvalue weighted by molar-refractivity contribution is 5.87. The lowest BCUT2D eigenvalue weighted by atomic mass is 10.2. The standard InChI is InChI=1S/C12H17NO4/c1-4-16-7-9(3)17-11-6-10(12(14)15)5-8(2)13-11/h5-6,9H,4,7H2,1-3H3,(H,14,15). The maximum absolute atomic E-state index is 10.9. The second kappa shape index (κ2) is 6.20. The van der Waals surface area contributed by atoms with Crippen molar-refractivity contribution in [3.63, 3.8) is 0 Å². The molecule has 0 aliphatic heterocycles. The highest BCUT2D eigenvalue weighted by Crippen LogP contribution is 2.14. The van der Waals surface area contributed by atoms with E-state index in [4.69, 9.17) is 14.6 Å². The molecule has 1 aromatic rings. The third-order valence-electron chi connectivity index (χ3n) is 2.06. The molecule has 0 aliphatic rings. The van der Waals surface area contributed by atoms with Crippen LogP contribution in [0, 0.1) is 6.92 Å². The highest BCUT2D eigenvalue weighted by atomic mass is 16.5. The molecule has 1 atom stereocenters. The van der Waals surface area contributed by atoms with Gasteiger partial charge in [-0.25, -0.2) is 9.78 Å². The lowest BCUT2D eigenvalue weighted by Crippen LogP contribution is -2.20. The van der Waals surface area contributed by atoms with Crippen LogP contribution in [-0.4, -0.2) is 35.4 Å². The van der Waals surface area contributed by atoms with E-state index in [2.05, 4.69) is 4.98 Å². The molecular formula is C12H17NO4. The van der Waals surface area contributed by atoms with Crippen molar-refractivity contribution >= 4 is 5.97 Å². The van der Waals surface area contributed by atoms with E-state index in [0.717, 1.165) is 0 Å². The lowest BCUT2D eigenvalue weighted by Gasteiger charge is -2.14. The van der Waals surface area contributed by atoms with Gasteiger partial charge in [0, 0.05) is 18.4 Å². The zero-order valence-corrected chi connectivity index (χ0v) is 10.3. The maximum Gasteiger partial charge on any atom is 0.335 e. The van der Waals surface area contributed by atoms with Gasteiger partial charge in [0.1, 0.15) is 6.10 Å². The monoisotopic (exact) mass is 239 g/mol. The second-order valence-corrected chi connectivity index (χ2v) is 3.73. The molecule has 5 nitrogen and oxygen atoms in total. The van der Waals surface area contributed by atoms with Crippen LogP contribution in [0.1, 0.15) is 29.9 Å². The minimum absolute atomic E-state index is 0.161. The summed E-state index contributed by atoms with van der Waals surface area (Å²) in [5.41, 5.74) is 0.791. The molecule has 0 fully saturated rings. The van der Waals surface area contributed by atoms with Crippen molar-refractivity contribution in [2.45, 2.75) is 26.9 Å². The Bertz CT molecular complexity index is 392. The van der Waals surface area contributed by atoms with Gasteiger partial charge >= 0.3 is 5.97 Å². The average molecular weight is 239 g/mol. The Hall–Kier alpha value is -1.62. The Labute approximate surface area is 100 Å². The van der Waals surface area contributed by atoms with Crippen LogP contribution in [0.25, 0.3) is 0 Å². The fourth-order valence-corrected chi connectivity index (χ4v) is 1.35. The Morgan fingerprint density at radius 3 is 2.82 bits per heavy atom. The average Bonchev–Trinajstić information content (AvgIpc) is 2.25. The molecule has 1 aromatic heterocycles. The normalized spacial score (nSPS) is 12.2. The van der Waals surface area contributed by atoms with E-state index >= 15 is 0 Å². The summed E-state index contributed by atoms with van der Waals surface area (Å²) >= 11 is 0. The van der Waals surface area contributed by atoms with Gasteiger partial charge in [-0.2, -0.15) is 0 Å². The zero-order chi connectivity index (χ0) is 12.8. The van der Waals surface area contributed by atoms with E-state index in [1.54, 1.807) is 6.92 Å². The van der Waals surface area contributed by atoms with E-state index in [-0.39, 0.29) is 11.7 Å². The molecule has 0 radical (unpaired) electrons. The molecule has 0 saturated carbocycles. The summed E-state index contributed by atoms with van der Waals surface area (Å²) in [6.07, 6.45) is -0.161. The number of carboxylic acids is 1. The first kappa shape index (κ1) is 13.4. The second-order valence-electron chi connectivity index (χ2n) is 3.73. The summed E-state index contributed by atoms with van der Waals surface area (Å²) in [4.78, 5) is 15.0. The van der Waals surface area contributed by atoms with Gasteiger partial charge in [0.25, 0.3) is 0 Å². The van der Waals surface area contributed by atoms with Gasteiger partial charge in [0.15, 0.2) is 0 Å². The summed E-state index contributed by atoms with van der Waals surface area (Å²) in [5, 5.41) is 8.90. The number of nitrogens with zero attached hydrogens (tertiary/aromatic N) is 1. The van der Waals surface area contributed by atoms with Crippen molar-refractivity contribution in [1.82, 2.24) is 4.98 Å². The predicted octanol–water partition coefficient (Wildman–Crippen LogP) is 1.89. The van der Waals surface area contributed by atoms with Crippen molar-refractivity contribution in [1.29, 1.82) is 0 Å². The molecular weight excluding hydrogens is 222 g/mol. The first-order valence-corrected chi connectivity index (χ1v) is 5.49. The molecule has 1 unspecified atom stereocenters. The molecule has 1 N–H and O–H groups in total. The van der Waals surface area contributed by atoms with Crippen molar-refractivity contribution in [3.05, 3.63) is 23.4 Å². The number of aryl methyl sites for hydroxylation is 1. The molecule has 17 heavy (non-hydrogen) atoms. The summed E-state index contributed by atoms with van der Waals surface area (Å²) in [5.74, 6) is -0.674. The third-order valence-corrected chi connectivity index (χ3v) is 2.06. The summed E-state index contributed by atoms with van der Waals surface area (Å²) < 4.78 is 10.7. The number of aromatic nitrogens is 1. The number of aromatic carboxylic acids is 1. The van der Waals surface area contributed by atoms with E-state index in [1.165, 1.54) is 12.1 Å². The Morgan fingerprint density at radius 1 is 1.53 bits per heavy atom. The van der Waals surface area contributed by atoms with Crippen molar-refractivity contribution in [3.8, 4) is 5.88 Å². The van der Waals surface area contributed by atoms with Gasteiger partial charge in [-0.3, -0.25) is 0 Å². The molecule has 1 heterocycles. The molecule has 0 aromatic carbocycles. The lowest BCUT2D eigenvalue weighted by molar-refractivity contribution is 0.0626. The Morgan fingerprint density at radius 2 is 2.24 bits per heavy atom. The van der Waals surface area contributed by atoms with Gasteiger partial charge in [-0.05, 0) is 26.8 Å². The van der Waals surface area contributed by atoms with Crippen LogP contribution in [0.2, 0.25) is 0 Å². The van der Waals surface area contributed by atoms with Gasteiger partial charge in [0.2, 0.25) is 5.88 Å². The van der Waals surface area contributed by atoms with E-state index in [9.17, 15) is 4.79 Å². The van der Waals surface area contributed by atoms with Crippen LogP contribution in [0.4, 0.5) is 0 Å². The minimum atomic E-state index is -0.988. The summed E-state index contributed by atoms with van der Waals surface area (Å²) in [6.45, 7) is 6.55. The third kappa shape index (κ3) is 4.40. The molecule has 0 aliphatic carbocycles. The molecule has 0 spiro atoms. The number of carbonyl (C=O) groups is 1.